The maximum atomic E-state index is 4.14. The Balaban J connectivity index is 2.17. The molecule has 0 aliphatic heterocycles. The summed E-state index contributed by atoms with van der Waals surface area (Å²) < 4.78 is 0. The number of rotatable bonds is 3. The fourth-order valence-corrected chi connectivity index (χ4v) is 1.81. The lowest BCUT2D eigenvalue weighted by molar-refractivity contribution is 1.35. The molecule has 1 aromatic rings. The Labute approximate surface area is 109 Å². The molecule has 1 aliphatic rings. The summed E-state index contributed by atoms with van der Waals surface area (Å²) in [5.41, 5.74) is 5.29. The third-order valence-corrected chi connectivity index (χ3v) is 3.07. The van der Waals surface area contributed by atoms with Gasteiger partial charge in [-0.25, -0.2) is 0 Å². The van der Waals surface area contributed by atoms with Crippen LogP contribution in [-0.4, -0.2) is 0 Å². The molecule has 88 valence electrons. The van der Waals surface area contributed by atoms with Crippen LogP contribution in [0.2, 0.25) is 0 Å². The van der Waals surface area contributed by atoms with Gasteiger partial charge in [0.15, 0.2) is 0 Å². The zero-order valence-corrected chi connectivity index (χ0v) is 10.7. The molecular weight excluding hydrogens is 216 g/mol. The lowest BCUT2D eigenvalue weighted by Crippen LogP contribution is -1.99. The van der Waals surface area contributed by atoms with Crippen molar-refractivity contribution in [3.05, 3.63) is 96.5 Å². The van der Waals surface area contributed by atoms with Gasteiger partial charge in [-0.3, -0.25) is 0 Å². The Morgan fingerprint density at radius 1 is 1.00 bits per heavy atom. The average molecular weight is 233 g/mol. The summed E-state index contributed by atoms with van der Waals surface area (Å²) in [7, 11) is 0. The first-order chi connectivity index (χ1) is 8.58. The zero-order valence-electron chi connectivity index (χ0n) is 10.7. The van der Waals surface area contributed by atoms with Gasteiger partial charge in [0, 0.05) is 41.0 Å². The molecule has 0 bridgehead atoms. The van der Waals surface area contributed by atoms with Crippen molar-refractivity contribution in [1.29, 1.82) is 0 Å². The highest BCUT2D eigenvalue weighted by Crippen LogP contribution is 2.31. The van der Waals surface area contributed by atoms with Crippen LogP contribution in [0.25, 0.3) is 5.57 Å². The molecule has 1 aliphatic carbocycles. The molecular formula is C18H17+. The van der Waals surface area contributed by atoms with Gasteiger partial charge in [-0.15, -0.1) is 0 Å². The molecule has 18 heavy (non-hydrogen) atoms. The third kappa shape index (κ3) is 2.54. The summed E-state index contributed by atoms with van der Waals surface area (Å²) in [4.78, 5) is 0. The molecule has 0 N–H and O–H groups in total. The van der Waals surface area contributed by atoms with Crippen molar-refractivity contribution in [2.45, 2.75) is 6.92 Å². The lowest BCUT2D eigenvalue weighted by Gasteiger charge is -2.11. The first-order valence-corrected chi connectivity index (χ1v) is 5.95. The largest absolute Gasteiger partial charge is 0.0793 e. The molecule has 1 aromatic carbocycles. The van der Waals surface area contributed by atoms with Crippen molar-refractivity contribution >= 4 is 5.57 Å². The first-order valence-electron chi connectivity index (χ1n) is 5.95. The summed E-state index contributed by atoms with van der Waals surface area (Å²) in [6, 6.07) is 8.34. The lowest BCUT2D eigenvalue weighted by atomic mass is 9.87. The topological polar surface area (TPSA) is 0 Å². The number of benzene rings is 1. The van der Waals surface area contributed by atoms with E-state index in [0.717, 1.165) is 28.2 Å². The maximum Gasteiger partial charge on any atom is 0.0793 e. The molecule has 0 saturated heterocycles. The Kier molecular flexibility index (Phi) is 3.38. The van der Waals surface area contributed by atoms with Gasteiger partial charge in [-0.05, 0) is 25.6 Å². The van der Waals surface area contributed by atoms with Crippen LogP contribution in [-0.2, 0) is 0 Å². The van der Waals surface area contributed by atoms with Crippen LogP contribution in [0, 0.1) is 12.8 Å². The minimum absolute atomic E-state index is 0.957. The van der Waals surface area contributed by atoms with E-state index in [0.29, 0.717) is 0 Å². The standard InChI is InChI=1S/C18H17/c1-13-5-9-17(10-6-13)15(3)16(4)18-11-7-14(2)8-12-18/h5-12H,1,3-4H2,2H3/q+1. The Morgan fingerprint density at radius 3 is 2.11 bits per heavy atom. The van der Waals surface area contributed by atoms with E-state index in [2.05, 4.69) is 50.9 Å². The van der Waals surface area contributed by atoms with Crippen LogP contribution in [0.5, 0.6) is 0 Å². The molecule has 0 heterocycles. The van der Waals surface area contributed by atoms with Gasteiger partial charge >= 0.3 is 0 Å². The summed E-state index contributed by atoms with van der Waals surface area (Å²) in [6.45, 7) is 14.2. The Morgan fingerprint density at radius 2 is 1.56 bits per heavy atom. The second kappa shape index (κ2) is 4.97. The predicted octanol–water partition coefficient (Wildman–Crippen LogP) is 4.82. The molecule has 0 nitrogen and oxygen atoms in total. The van der Waals surface area contributed by atoms with Crippen molar-refractivity contribution in [2.75, 3.05) is 0 Å². The molecule has 0 saturated carbocycles. The molecule has 0 heteroatoms. The van der Waals surface area contributed by atoms with Gasteiger partial charge in [0.05, 0.1) is 11.5 Å². The summed E-state index contributed by atoms with van der Waals surface area (Å²) >= 11 is 0. The highest BCUT2D eigenvalue weighted by molar-refractivity contribution is 5.82. The van der Waals surface area contributed by atoms with Crippen molar-refractivity contribution in [3.8, 4) is 0 Å². The maximum absolute atomic E-state index is 4.14. The highest BCUT2D eigenvalue weighted by Gasteiger charge is 2.19. The molecule has 0 unspecified atom stereocenters. The second-order valence-electron chi connectivity index (χ2n) is 4.52. The van der Waals surface area contributed by atoms with E-state index < -0.39 is 0 Å². The van der Waals surface area contributed by atoms with E-state index in [1.54, 1.807) is 0 Å². The predicted molar refractivity (Wildman–Crippen MR) is 80.0 cm³/mol. The van der Waals surface area contributed by atoms with Crippen LogP contribution in [0.15, 0.2) is 79.5 Å². The smallest absolute Gasteiger partial charge is 0.0759 e. The van der Waals surface area contributed by atoms with Gasteiger partial charge in [0.25, 0.3) is 0 Å². The number of hydrogen-bond donors (Lipinski definition) is 0. The highest BCUT2D eigenvalue weighted by atomic mass is 14.2. The van der Waals surface area contributed by atoms with E-state index in [9.17, 15) is 0 Å². The van der Waals surface area contributed by atoms with Gasteiger partial charge in [0.2, 0.25) is 0 Å². The fourth-order valence-electron chi connectivity index (χ4n) is 1.81. The fraction of sp³-hybridized carbons (Fsp3) is 0.0556. The molecule has 0 aromatic heterocycles. The van der Waals surface area contributed by atoms with Crippen molar-refractivity contribution in [1.82, 2.24) is 0 Å². The Hall–Kier alpha value is -2.21. The first kappa shape index (κ1) is 12.3. The molecule has 0 spiro atoms. The summed E-state index contributed by atoms with van der Waals surface area (Å²) in [6.07, 6.45) is 8.04. The van der Waals surface area contributed by atoms with Crippen LogP contribution in [0.1, 0.15) is 11.1 Å². The van der Waals surface area contributed by atoms with Gasteiger partial charge in [-0.1, -0.05) is 30.9 Å². The van der Waals surface area contributed by atoms with Gasteiger partial charge in [-0.2, -0.15) is 0 Å². The van der Waals surface area contributed by atoms with Crippen LogP contribution in [0.4, 0.5) is 0 Å². The summed E-state index contributed by atoms with van der Waals surface area (Å²) in [5.74, 6) is 1.09. The van der Waals surface area contributed by atoms with E-state index in [4.69, 9.17) is 0 Å². The molecule has 2 rings (SSSR count). The minimum Gasteiger partial charge on any atom is -0.0759 e. The minimum atomic E-state index is 0.957. The van der Waals surface area contributed by atoms with Crippen molar-refractivity contribution in [3.63, 3.8) is 0 Å². The molecule has 0 fully saturated rings. The van der Waals surface area contributed by atoms with Crippen LogP contribution >= 0.6 is 0 Å². The molecule has 0 atom stereocenters. The summed E-state index contributed by atoms with van der Waals surface area (Å²) in [5, 5.41) is 0. The van der Waals surface area contributed by atoms with E-state index >= 15 is 0 Å². The monoisotopic (exact) mass is 233 g/mol. The number of allylic oxidation sites excluding steroid dienone is 7. The zero-order chi connectivity index (χ0) is 13.1. The van der Waals surface area contributed by atoms with Crippen LogP contribution < -0.4 is 0 Å². The van der Waals surface area contributed by atoms with Crippen molar-refractivity contribution < 1.29 is 0 Å². The third-order valence-electron chi connectivity index (χ3n) is 3.07. The van der Waals surface area contributed by atoms with Gasteiger partial charge < -0.3 is 0 Å². The van der Waals surface area contributed by atoms with E-state index in [1.807, 2.05) is 24.3 Å². The normalized spacial score (nSPS) is 13.8. The van der Waals surface area contributed by atoms with E-state index in [1.165, 1.54) is 5.56 Å². The van der Waals surface area contributed by atoms with Gasteiger partial charge in [0.1, 0.15) is 0 Å². The number of aryl methyl sites for hydroxylation is 1. The average Bonchev–Trinajstić information content (AvgIpc) is 2.39. The van der Waals surface area contributed by atoms with E-state index in [-0.39, 0.29) is 0 Å². The second-order valence-corrected chi connectivity index (χ2v) is 4.52. The molecule has 0 amide bonds. The SMILES string of the molecule is C=C1C=C[C+](C(=C)C(=C)c2ccc(C)cc2)C=C1. The van der Waals surface area contributed by atoms with Crippen LogP contribution in [0.3, 0.4) is 0 Å². The molecule has 0 radical (unpaired) electrons. The Bertz CT molecular complexity index is 534. The number of hydrogen-bond acceptors (Lipinski definition) is 0. The van der Waals surface area contributed by atoms with Crippen molar-refractivity contribution in [2.24, 2.45) is 0 Å². The quantitative estimate of drug-likeness (QED) is 0.518.